The van der Waals surface area contributed by atoms with Gasteiger partial charge in [-0.05, 0) is 67.9 Å². The molecule has 2 rings (SSSR count). The average Bonchev–Trinajstić information content (AvgIpc) is 2.45. The Morgan fingerprint density at radius 3 is 2.29 bits per heavy atom. The van der Waals surface area contributed by atoms with Gasteiger partial charge in [-0.25, -0.2) is 0 Å². The molecule has 3 heteroatoms. The Morgan fingerprint density at radius 2 is 1.76 bits per heavy atom. The van der Waals surface area contributed by atoms with Crippen molar-refractivity contribution in [3.63, 3.8) is 0 Å². The lowest BCUT2D eigenvalue weighted by Gasteiger charge is -2.39. The summed E-state index contributed by atoms with van der Waals surface area (Å²) in [5, 5.41) is 0. The van der Waals surface area contributed by atoms with Gasteiger partial charge in [-0.15, -0.1) is 0 Å². The highest BCUT2D eigenvalue weighted by Gasteiger charge is 2.28. The molecule has 0 radical (unpaired) electrons. The summed E-state index contributed by atoms with van der Waals surface area (Å²) in [7, 11) is 0. The topological polar surface area (TPSA) is 29.3 Å². The van der Waals surface area contributed by atoms with Crippen molar-refractivity contribution >= 4 is 15.9 Å². The lowest BCUT2D eigenvalue weighted by molar-refractivity contribution is 0.110. The third-order valence-electron chi connectivity index (χ3n) is 4.87. The summed E-state index contributed by atoms with van der Waals surface area (Å²) in [6.07, 6.45) is 3.70. The van der Waals surface area contributed by atoms with Crippen molar-refractivity contribution in [3.05, 3.63) is 34.3 Å². The van der Waals surface area contributed by atoms with E-state index in [4.69, 9.17) is 5.73 Å². The number of benzene rings is 1. The second-order valence-electron chi connectivity index (χ2n) is 7.43. The van der Waals surface area contributed by atoms with Gasteiger partial charge in [0.05, 0.1) is 0 Å². The van der Waals surface area contributed by atoms with Crippen LogP contribution in [0.2, 0.25) is 0 Å². The SMILES string of the molecule is CC(C)(C)C1CCN(CCC(N)c2ccc(Br)cc2)CC1. The summed E-state index contributed by atoms with van der Waals surface area (Å²) in [6.45, 7) is 10.7. The first-order chi connectivity index (χ1) is 9.86. The van der Waals surface area contributed by atoms with Crippen LogP contribution in [-0.4, -0.2) is 24.5 Å². The van der Waals surface area contributed by atoms with E-state index >= 15 is 0 Å². The molecule has 1 aromatic carbocycles. The Balaban J connectivity index is 1.76. The Labute approximate surface area is 138 Å². The molecule has 0 aliphatic carbocycles. The first kappa shape index (κ1) is 17.0. The number of rotatable bonds is 4. The first-order valence-electron chi connectivity index (χ1n) is 8.09. The third kappa shape index (κ3) is 5.08. The van der Waals surface area contributed by atoms with Gasteiger partial charge >= 0.3 is 0 Å². The summed E-state index contributed by atoms with van der Waals surface area (Å²) in [5.74, 6) is 0.869. The highest BCUT2D eigenvalue weighted by Crippen LogP contribution is 2.34. The highest BCUT2D eigenvalue weighted by molar-refractivity contribution is 9.10. The molecule has 21 heavy (non-hydrogen) atoms. The first-order valence-corrected chi connectivity index (χ1v) is 8.89. The standard InChI is InChI=1S/C18H29BrN2/c1-18(2,3)15-8-11-21(12-9-15)13-10-17(20)14-4-6-16(19)7-5-14/h4-7,15,17H,8-13,20H2,1-3H3. The molecule has 0 amide bonds. The van der Waals surface area contributed by atoms with Gasteiger partial charge in [-0.2, -0.15) is 0 Å². The molecule has 0 bridgehead atoms. The van der Waals surface area contributed by atoms with Crippen LogP contribution >= 0.6 is 15.9 Å². The van der Waals surface area contributed by atoms with E-state index in [1.165, 1.54) is 31.5 Å². The van der Waals surface area contributed by atoms with E-state index in [0.717, 1.165) is 23.4 Å². The van der Waals surface area contributed by atoms with Crippen LogP contribution in [0.4, 0.5) is 0 Å². The van der Waals surface area contributed by atoms with Crippen LogP contribution in [0, 0.1) is 11.3 Å². The van der Waals surface area contributed by atoms with Crippen molar-refractivity contribution in [3.8, 4) is 0 Å². The molecule has 1 saturated heterocycles. The number of likely N-dealkylation sites (tertiary alicyclic amines) is 1. The Hall–Kier alpha value is -0.380. The maximum atomic E-state index is 6.32. The number of nitrogens with zero attached hydrogens (tertiary/aromatic N) is 1. The van der Waals surface area contributed by atoms with Gasteiger partial charge < -0.3 is 10.6 Å². The van der Waals surface area contributed by atoms with E-state index in [9.17, 15) is 0 Å². The van der Waals surface area contributed by atoms with Crippen LogP contribution in [0.3, 0.4) is 0 Å². The Bertz CT molecular complexity index is 428. The van der Waals surface area contributed by atoms with Crippen molar-refractivity contribution in [2.24, 2.45) is 17.1 Å². The zero-order valence-corrected chi connectivity index (χ0v) is 15.2. The molecular weight excluding hydrogens is 324 g/mol. The second-order valence-corrected chi connectivity index (χ2v) is 8.34. The fraction of sp³-hybridized carbons (Fsp3) is 0.667. The molecule has 1 aliphatic heterocycles. The fourth-order valence-corrected chi connectivity index (χ4v) is 3.49. The number of hydrogen-bond acceptors (Lipinski definition) is 2. The number of piperidine rings is 1. The summed E-state index contributed by atoms with van der Waals surface area (Å²) < 4.78 is 1.11. The van der Waals surface area contributed by atoms with Gasteiger partial charge in [-0.1, -0.05) is 48.8 Å². The smallest absolute Gasteiger partial charge is 0.0307 e. The van der Waals surface area contributed by atoms with Crippen LogP contribution in [0.5, 0.6) is 0 Å². The molecule has 1 aliphatic rings. The van der Waals surface area contributed by atoms with Crippen LogP contribution < -0.4 is 5.73 Å². The molecular formula is C18H29BrN2. The molecule has 0 aromatic heterocycles. The molecule has 2 nitrogen and oxygen atoms in total. The molecule has 0 saturated carbocycles. The lowest BCUT2D eigenvalue weighted by atomic mass is 9.75. The summed E-state index contributed by atoms with van der Waals surface area (Å²) in [4.78, 5) is 2.58. The zero-order valence-electron chi connectivity index (χ0n) is 13.6. The summed E-state index contributed by atoms with van der Waals surface area (Å²) in [5.41, 5.74) is 8.01. The van der Waals surface area contributed by atoms with Crippen LogP contribution in [-0.2, 0) is 0 Å². The zero-order chi connectivity index (χ0) is 15.5. The van der Waals surface area contributed by atoms with E-state index in [-0.39, 0.29) is 6.04 Å². The molecule has 118 valence electrons. The molecule has 1 aromatic rings. The molecule has 1 heterocycles. The minimum absolute atomic E-state index is 0.151. The summed E-state index contributed by atoms with van der Waals surface area (Å²) in [6, 6.07) is 8.55. The third-order valence-corrected chi connectivity index (χ3v) is 5.40. The van der Waals surface area contributed by atoms with Gasteiger partial charge in [0.1, 0.15) is 0 Å². The minimum atomic E-state index is 0.151. The average molecular weight is 353 g/mol. The van der Waals surface area contributed by atoms with Gasteiger partial charge in [0.25, 0.3) is 0 Å². The highest BCUT2D eigenvalue weighted by atomic mass is 79.9. The van der Waals surface area contributed by atoms with E-state index in [2.05, 4.69) is 65.9 Å². The fourth-order valence-electron chi connectivity index (χ4n) is 3.22. The van der Waals surface area contributed by atoms with Gasteiger partial charge in [-0.3, -0.25) is 0 Å². The van der Waals surface area contributed by atoms with E-state index in [0.29, 0.717) is 5.41 Å². The maximum absolute atomic E-state index is 6.32. The lowest BCUT2D eigenvalue weighted by Crippen LogP contribution is -2.39. The van der Waals surface area contributed by atoms with Crippen LogP contribution in [0.1, 0.15) is 51.6 Å². The quantitative estimate of drug-likeness (QED) is 0.857. The predicted octanol–water partition coefficient (Wildman–Crippen LogP) is 4.60. The van der Waals surface area contributed by atoms with Crippen molar-refractivity contribution in [1.29, 1.82) is 0 Å². The molecule has 0 spiro atoms. The van der Waals surface area contributed by atoms with Crippen molar-refractivity contribution in [1.82, 2.24) is 4.90 Å². The van der Waals surface area contributed by atoms with Gasteiger partial charge in [0.2, 0.25) is 0 Å². The molecule has 2 N–H and O–H groups in total. The Morgan fingerprint density at radius 1 is 1.19 bits per heavy atom. The molecule has 1 atom stereocenters. The van der Waals surface area contributed by atoms with Crippen molar-refractivity contribution < 1.29 is 0 Å². The van der Waals surface area contributed by atoms with E-state index < -0.39 is 0 Å². The largest absolute Gasteiger partial charge is 0.324 e. The van der Waals surface area contributed by atoms with Gasteiger partial charge in [0, 0.05) is 10.5 Å². The number of nitrogens with two attached hydrogens (primary N) is 1. The van der Waals surface area contributed by atoms with Crippen molar-refractivity contribution in [2.45, 2.75) is 46.1 Å². The van der Waals surface area contributed by atoms with E-state index in [1.807, 2.05) is 0 Å². The maximum Gasteiger partial charge on any atom is 0.0307 e. The van der Waals surface area contributed by atoms with Crippen LogP contribution in [0.25, 0.3) is 0 Å². The molecule has 1 fully saturated rings. The second kappa shape index (κ2) is 7.26. The van der Waals surface area contributed by atoms with Crippen LogP contribution in [0.15, 0.2) is 28.7 Å². The Kier molecular flexibility index (Phi) is 5.87. The van der Waals surface area contributed by atoms with Gasteiger partial charge in [0.15, 0.2) is 0 Å². The number of hydrogen-bond donors (Lipinski definition) is 1. The number of halogens is 1. The normalized spacial score (nSPS) is 19.7. The van der Waals surface area contributed by atoms with Crippen molar-refractivity contribution in [2.75, 3.05) is 19.6 Å². The van der Waals surface area contributed by atoms with E-state index in [1.54, 1.807) is 0 Å². The summed E-state index contributed by atoms with van der Waals surface area (Å²) >= 11 is 3.47. The minimum Gasteiger partial charge on any atom is -0.324 e. The molecule has 1 unspecified atom stereocenters. The monoisotopic (exact) mass is 352 g/mol. The predicted molar refractivity (Wildman–Crippen MR) is 94.3 cm³/mol.